The van der Waals surface area contributed by atoms with Crippen molar-refractivity contribution in [2.24, 2.45) is 0 Å². The van der Waals surface area contributed by atoms with Crippen molar-refractivity contribution in [2.75, 3.05) is 7.11 Å². The molecule has 0 atom stereocenters. The monoisotopic (exact) mass is 441 g/mol. The smallest absolute Gasteiger partial charge is 0.339 e. The Hall–Kier alpha value is -4.39. The van der Waals surface area contributed by atoms with E-state index in [-0.39, 0.29) is 6.61 Å². The molecule has 7 heteroatoms. The second-order valence-corrected chi connectivity index (χ2v) is 7.51. The SMILES string of the molecule is COc1ccc2c(COC(=O)c3cc(-c4ccc(C)o4)nc4ccccc34)cc(=O)oc2c1. The lowest BCUT2D eigenvalue weighted by molar-refractivity contribution is 0.0476. The molecule has 0 spiro atoms. The molecule has 0 saturated heterocycles. The number of nitrogens with zero attached hydrogens (tertiary/aromatic N) is 1. The van der Waals surface area contributed by atoms with E-state index >= 15 is 0 Å². The standard InChI is InChI=1S/C26H19NO6/c1-15-7-10-23(32-15)22-13-20(19-5-3-4-6-21(19)27-22)26(29)31-14-16-11-25(28)33-24-12-17(30-2)8-9-18(16)24/h3-13H,14H2,1-2H3. The molecule has 0 aliphatic carbocycles. The van der Waals surface area contributed by atoms with Crippen LogP contribution in [0.2, 0.25) is 0 Å². The molecule has 164 valence electrons. The second-order valence-electron chi connectivity index (χ2n) is 7.51. The summed E-state index contributed by atoms with van der Waals surface area (Å²) in [5.41, 5.74) is 1.90. The lowest BCUT2D eigenvalue weighted by atomic mass is 10.1. The average molecular weight is 441 g/mol. The summed E-state index contributed by atoms with van der Waals surface area (Å²) in [5, 5.41) is 1.33. The van der Waals surface area contributed by atoms with Crippen LogP contribution < -0.4 is 10.4 Å². The van der Waals surface area contributed by atoms with Gasteiger partial charge in [0.25, 0.3) is 0 Å². The van der Waals surface area contributed by atoms with E-state index in [0.29, 0.717) is 50.2 Å². The van der Waals surface area contributed by atoms with E-state index < -0.39 is 11.6 Å². The molecule has 0 saturated carbocycles. The van der Waals surface area contributed by atoms with Crippen molar-refractivity contribution < 1.29 is 23.1 Å². The molecule has 0 bridgehead atoms. The number of esters is 1. The molecule has 3 heterocycles. The van der Waals surface area contributed by atoms with Crippen LogP contribution >= 0.6 is 0 Å². The van der Waals surface area contributed by atoms with Gasteiger partial charge in [-0.2, -0.15) is 0 Å². The zero-order valence-electron chi connectivity index (χ0n) is 18.0. The van der Waals surface area contributed by atoms with Crippen molar-refractivity contribution in [1.82, 2.24) is 4.98 Å². The second kappa shape index (κ2) is 8.27. The predicted molar refractivity (Wildman–Crippen MR) is 122 cm³/mol. The molecule has 5 rings (SSSR count). The molecular formula is C26H19NO6. The summed E-state index contributed by atoms with van der Waals surface area (Å²) in [6.07, 6.45) is 0. The van der Waals surface area contributed by atoms with Gasteiger partial charge in [0.15, 0.2) is 5.76 Å². The zero-order chi connectivity index (χ0) is 22.9. The number of rotatable bonds is 5. The summed E-state index contributed by atoms with van der Waals surface area (Å²) in [7, 11) is 1.53. The van der Waals surface area contributed by atoms with Crippen LogP contribution in [0.1, 0.15) is 21.7 Å². The Balaban J connectivity index is 1.51. The van der Waals surface area contributed by atoms with Gasteiger partial charge < -0.3 is 18.3 Å². The Morgan fingerprint density at radius 2 is 1.82 bits per heavy atom. The molecule has 3 aromatic heterocycles. The van der Waals surface area contributed by atoms with Gasteiger partial charge in [0.05, 0.1) is 18.2 Å². The van der Waals surface area contributed by atoms with Gasteiger partial charge in [-0.25, -0.2) is 14.6 Å². The van der Waals surface area contributed by atoms with Gasteiger partial charge in [-0.15, -0.1) is 0 Å². The minimum absolute atomic E-state index is 0.0981. The highest BCUT2D eigenvalue weighted by molar-refractivity contribution is 6.04. The molecule has 0 radical (unpaired) electrons. The number of hydrogen-bond donors (Lipinski definition) is 0. The molecule has 0 N–H and O–H groups in total. The van der Waals surface area contributed by atoms with Gasteiger partial charge in [-0.05, 0) is 43.3 Å². The molecule has 0 amide bonds. The Morgan fingerprint density at radius 3 is 2.61 bits per heavy atom. The van der Waals surface area contributed by atoms with Crippen LogP contribution in [-0.2, 0) is 11.3 Å². The number of furan rings is 1. The first-order chi connectivity index (χ1) is 16.0. The Morgan fingerprint density at radius 1 is 0.970 bits per heavy atom. The molecule has 0 unspecified atom stereocenters. The van der Waals surface area contributed by atoms with E-state index in [2.05, 4.69) is 4.98 Å². The number of hydrogen-bond acceptors (Lipinski definition) is 7. The minimum Gasteiger partial charge on any atom is -0.497 e. The first-order valence-electron chi connectivity index (χ1n) is 10.3. The van der Waals surface area contributed by atoms with Gasteiger partial charge in [-0.3, -0.25) is 0 Å². The van der Waals surface area contributed by atoms with Crippen LogP contribution in [0.5, 0.6) is 5.75 Å². The van der Waals surface area contributed by atoms with Gasteiger partial charge >= 0.3 is 11.6 Å². The molecular weight excluding hydrogens is 422 g/mol. The van der Waals surface area contributed by atoms with Crippen molar-refractivity contribution >= 4 is 27.8 Å². The minimum atomic E-state index is -0.536. The van der Waals surface area contributed by atoms with Gasteiger partial charge in [0.1, 0.15) is 29.4 Å². The fourth-order valence-corrected chi connectivity index (χ4v) is 3.72. The van der Waals surface area contributed by atoms with E-state index in [0.717, 1.165) is 5.76 Å². The summed E-state index contributed by atoms with van der Waals surface area (Å²) < 4.78 is 21.8. The number of carbonyl (C=O) groups excluding carboxylic acids is 1. The molecule has 2 aromatic carbocycles. The normalized spacial score (nSPS) is 11.1. The van der Waals surface area contributed by atoms with Crippen molar-refractivity contribution in [3.8, 4) is 17.2 Å². The van der Waals surface area contributed by atoms with Crippen LogP contribution in [-0.4, -0.2) is 18.1 Å². The van der Waals surface area contributed by atoms with Crippen LogP contribution in [0.25, 0.3) is 33.3 Å². The number of pyridine rings is 1. The maximum atomic E-state index is 13.1. The van der Waals surface area contributed by atoms with Crippen LogP contribution in [0.15, 0.2) is 80.4 Å². The van der Waals surface area contributed by atoms with E-state index in [9.17, 15) is 9.59 Å². The average Bonchev–Trinajstić information content (AvgIpc) is 3.27. The summed E-state index contributed by atoms with van der Waals surface area (Å²) in [6.45, 7) is 1.75. The van der Waals surface area contributed by atoms with E-state index in [4.69, 9.17) is 18.3 Å². The number of para-hydroxylation sites is 1. The maximum absolute atomic E-state index is 13.1. The third-order valence-electron chi connectivity index (χ3n) is 5.33. The fourth-order valence-electron chi connectivity index (χ4n) is 3.72. The number of benzene rings is 2. The third-order valence-corrected chi connectivity index (χ3v) is 5.33. The lowest BCUT2D eigenvalue weighted by Crippen LogP contribution is -2.09. The topological polar surface area (TPSA) is 91.8 Å². The maximum Gasteiger partial charge on any atom is 0.339 e. The highest BCUT2D eigenvalue weighted by atomic mass is 16.5. The quantitative estimate of drug-likeness (QED) is 0.271. The van der Waals surface area contributed by atoms with Gasteiger partial charge in [0, 0.05) is 28.5 Å². The summed E-state index contributed by atoms with van der Waals surface area (Å²) in [6, 6.07) is 19.1. The van der Waals surface area contributed by atoms with Gasteiger partial charge in [0.2, 0.25) is 0 Å². The number of carbonyl (C=O) groups is 1. The lowest BCUT2D eigenvalue weighted by Gasteiger charge is -2.10. The molecule has 0 aliphatic heterocycles. The summed E-state index contributed by atoms with van der Waals surface area (Å²) in [5.74, 6) is 1.33. The van der Waals surface area contributed by atoms with Crippen molar-refractivity contribution in [2.45, 2.75) is 13.5 Å². The Labute approximate surface area is 188 Å². The third kappa shape index (κ3) is 3.96. The van der Waals surface area contributed by atoms with Gasteiger partial charge in [-0.1, -0.05) is 18.2 Å². The highest BCUT2D eigenvalue weighted by Crippen LogP contribution is 2.28. The number of aryl methyl sites for hydroxylation is 1. The predicted octanol–water partition coefficient (Wildman–Crippen LogP) is 5.28. The molecule has 5 aromatic rings. The number of fused-ring (bicyclic) bond motifs is 2. The number of methoxy groups -OCH3 is 1. The summed E-state index contributed by atoms with van der Waals surface area (Å²) >= 11 is 0. The Bertz CT molecular complexity index is 1560. The van der Waals surface area contributed by atoms with Crippen LogP contribution in [0, 0.1) is 6.92 Å². The molecule has 33 heavy (non-hydrogen) atoms. The molecule has 0 fully saturated rings. The van der Waals surface area contributed by atoms with Crippen LogP contribution in [0.4, 0.5) is 0 Å². The summed E-state index contributed by atoms with van der Waals surface area (Å²) in [4.78, 5) is 29.8. The van der Waals surface area contributed by atoms with Crippen molar-refractivity contribution in [1.29, 1.82) is 0 Å². The fraction of sp³-hybridized carbons (Fsp3) is 0.115. The van der Waals surface area contributed by atoms with Crippen molar-refractivity contribution in [3.05, 3.63) is 94.0 Å². The van der Waals surface area contributed by atoms with Crippen LogP contribution in [0.3, 0.4) is 0 Å². The Kier molecular flexibility index (Phi) is 5.14. The number of aromatic nitrogens is 1. The van der Waals surface area contributed by atoms with Crippen molar-refractivity contribution in [3.63, 3.8) is 0 Å². The van der Waals surface area contributed by atoms with E-state index in [1.807, 2.05) is 43.3 Å². The van der Waals surface area contributed by atoms with E-state index in [1.165, 1.54) is 13.2 Å². The molecule has 7 nitrogen and oxygen atoms in total. The first kappa shape index (κ1) is 20.5. The first-order valence-corrected chi connectivity index (χ1v) is 10.3. The number of ether oxygens (including phenoxy) is 2. The molecule has 0 aliphatic rings. The zero-order valence-corrected chi connectivity index (χ0v) is 18.0. The van der Waals surface area contributed by atoms with E-state index in [1.54, 1.807) is 24.3 Å². The highest BCUT2D eigenvalue weighted by Gasteiger charge is 2.17. The largest absolute Gasteiger partial charge is 0.497 e.